The Balaban J connectivity index is 2.16. The topological polar surface area (TPSA) is 66.8 Å². The van der Waals surface area contributed by atoms with Crippen molar-refractivity contribution in [2.24, 2.45) is 0 Å². The number of allylic oxidation sites excluding steroid dienone is 7. The average Bonchev–Trinajstić information content (AvgIpc) is 2.71. The summed E-state index contributed by atoms with van der Waals surface area (Å²) in [5, 5.41) is 23.1. The van der Waals surface area contributed by atoms with Gasteiger partial charge in [0.2, 0.25) is 0 Å². The number of fused-ring (bicyclic) bond motifs is 2. The summed E-state index contributed by atoms with van der Waals surface area (Å²) in [6, 6.07) is 5.50. The number of ether oxygens (including phenoxy) is 1. The quantitative estimate of drug-likeness (QED) is 0.471. The first kappa shape index (κ1) is 23.9. The van der Waals surface area contributed by atoms with Gasteiger partial charge >= 0.3 is 0 Å². The van der Waals surface area contributed by atoms with Gasteiger partial charge in [-0.15, -0.1) is 0 Å². The van der Waals surface area contributed by atoms with E-state index in [1.807, 2.05) is 45.1 Å². The highest BCUT2D eigenvalue weighted by Gasteiger charge is 2.49. The molecule has 0 spiro atoms. The third kappa shape index (κ3) is 3.85. The fraction of sp³-hybridized carbons (Fsp3) is 0.367. The number of hydrogen-bond acceptors (Lipinski definition) is 4. The van der Waals surface area contributed by atoms with E-state index < -0.39 is 11.0 Å². The molecule has 2 aromatic rings. The van der Waals surface area contributed by atoms with Crippen LogP contribution in [-0.4, -0.2) is 21.6 Å². The molecule has 0 amide bonds. The molecule has 4 heteroatoms. The summed E-state index contributed by atoms with van der Waals surface area (Å²) in [6.45, 7) is 14.1. The van der Waals surface area contributed by atoms with E-state index in [4.69, 9.17) is 4.74 Å². The zero-order valence-electron chi connectivity index (χ0n) is 21.2. The van der Waals surface area contributed by atoms with Crippen molar-refractivity contribution in [2.75, 3.05) is 0 Å². The van der Waals surface area contributed by atoms with Crippen molar-refractivity contribution in [2.45, 2.75) is 72.3 Å². The second kappa shape index (κ2) is 8.19. The first-order valence-corrected chi connectivity index (χ1v) is 11.8. The largest absolute Gasteiger partial charge is 0.507 e. The lowest BCUT2D eigenvalue weighted by Gasteiger charge is -2.45. The van der Waals surface area contributed by atoms with Crippen LogP contribution in [0.4, 0.5) is 0 Å². The molecule has 1 aliphatic heterocycles. The van der Waals surface area contributed by atoms with Crippen LogP contribution < -0.4 is 0 Å². The lowest BCUT2D eigenvalue weighted by molar-refractivity contribution is 0.0409. The van der Waals surface area contributed by atoms with Crippen LogP contribution in [0.2, 0.25) is 0 Å². The van der Waals surface area contributed by atoms with E-state index in [0.717, 1.165) is 11.1 Å². The summed E-state index contributed by atoms with van der Waals surface area (Å²) in [4.78, 5) is 13.8. The maximum absolute atomic E-state index is 13.8. The van der Waals surface area contributed by atoms with E-state index in [9.17, 15) is 15.0 Å². The van der Waals surface area contributed by atoms with Gasteiger partial charge in [-0.25, -0.2) is 0 Å². The van der Waals surface area contributed by atoms with Gasteiger partial charge in [0.15, 0.2) is 5.78 Å². The Labute approximate surface area is 202 Å². The Hall–Kier alpha value is -3.27. The molecule has 0 unspecified atom stereocenters. The SMILES string of the molecule is CC(C)=CCC1(CC=C(C)C)C2=C(C=CC(C)(C)O2)C(=O)c2c1cc1cc(C)cc(O)c1c2O. The minimum absolute atomic E-state index is 0.0290. The molecule has 0 saturated heterocycles. The van der Waals surface area contributed by atoms with Crippen molar-refractivity contribution >= 4 is 16.6 Å². The highest BCUT2D eigenvalue weighted by Crippen LogP contribution is 2.54. The van der Waals surface area contributed by atoms with E-state index in [0.29, 0.717) is 34.9 Å². The monoisotopic (exact) mass is 458 g/mol. The maximum Gasteiger partial charge on any atom is 0.200 e. The molecule has 34 heavy (non-hydrogen) atoms. The number of carbonyl (C=O) groups is 1. The van der Waals surface area contributed by atoms with Gasteiger partial charge in [-0.3, -0.25) is 4.79 Å². The maximum atomic E-state index is 13.8. The molecule has 4 rings (SSSR count). The van der Waals surface area contributed by atoms with Crippen molar-refractivity contribution < 1.29 is 19.7 Å². The van der Waals surface area contributed by atoms with Gasteiger partial charge in [0.05, 0.1) is 21.9 Å². The Morgan fingerprint density at radius 2 is 1.62 bits per heavy atom. The molecule has 1 aliphatic carbocycles. The molecule has 0 radical (unpaired) electrons. The van der Waals surface area contributed by atoms with E-state index in [-0.39, 0.29) is 22.8 Å². The highest BCUT2D eigenvalue weighted by atomic mass is 16.5. The van der Waals surface area contributed by atoms with Crippen molar-refractivity contribution in [1.29, 1.82) is 0 Å². The minimum atomic E-state index is -0.680. The molecule has 0 fully saturated rings. The number of aryl methyl sites for hydroxylation is 1. The number of Topliss-reactive ketones (excluding diaryl/α,β-unsaturated/α-hetero) is 1. The predicted molar refractivity (Wildman–Crippen MR) is 137 cm³/mol. The van der Waals surface area contributed by atoms with E-state index in [2.05, 4.69) is 39.8 Å². The normalized spacial score (nSPS) is 17.7. The van der Waals surface area contributed by atoms with Gasteiger partial charge in [0.25, 0.3) is 0 Å². The van der Waals surface area contributed by atoms with Crippen LogP contribution in [0.15, 0.2) is 65.0 Å². The first-order valence-electron chi connectivity index (χ1n) is 11.8. The summed E-state index contributed by atoms with van der Waals surface area (Å²) in [5.41, 5.74) is 3.43. The second-order valence-corrected chi connectivity index (χ2v) is 10.7. The molecular formula is C30H34O4. The molecule has 1 heterocycles. The third-order valence-electron chi connectivity index (χ3n) is 6.74. The number of rotatable bonds is 4. The summed E-state index contributed by atoms with van der Waals surface area (Å²) < 4.78 is 6.57. The van der Waals surface area contributed by atoms with Gasteiger partial charge in [-0.1, -0.05) is 29.4 Å². The first-order chi connectivity index (χ1) is 15.9. The number of ketones is 1. The zero-order valence-corrected chi connectivity index (χ0v) is 21.2. The lowest BCUT2D eigenvalue weighted by atomic mass is 9.64. The lowest BCUT2D eigenvalue weighted by Crippen LogP contribution is -2.41. The van der Waals surface area contributed by atoms with Gasteiger partial charge in [-0.2, -0.15) is 0 Å². The Kier molecular flexibility index (Phi) is 5.75. The summed E-state index contributed by atoms with van der Waals surface area (Å²) >= 11 is 0. The predicted octanol–water partition coefficient (Wildman–Crippen LogP) is 7.33. The van der Waals surface area contributed by atoms with Crippen LogP contribution in [0, 0.1) is 6.92 Å². The smallest absolute Gasteiger partial charge is 0.200 e. The number of carbonyl (C=O) groups excluding carboxylic acids is 1. The molecule has 0 bridgehead atoms. The average molecular weight is 459 g/mol. The Morgan fingerprint density at radius 1 is 1.00 bits per heavy atom. The molecule has 178 valence electrons. The van der Waals surface area contributed by atoms with Gasteiger partial charge in [-0.05, 0) is 102 Å². The Bertz CT molecular complexity index is 1300. The van der Waals surface area contributed by atoms with Crippen molar-refractivity contribution in [3.8, 4) is 11.5 Å². The van der Waals surface area contributed by atoms with Gasteiger partial charge < -0.3 is 14.9 Å². The highest BCUT2D eigenvalue weighted by molar-refractivity contribution is 6.18. The summed E-state index contributed by atoms with van der Waals surface area (Å²) in [6.07, 6.45) is 9.30. The van der Waals surface area contributed by atoms with Crippen molar-refractivity contribution in [1.82, 2.24) is 0 Å². The minimum Gasteiger partial charge on any atom is -0.507 e. The van der Waals surface area contributed by atoms with Crippen LogP contribution in [0.1, 0.15) is 75.9 Å². The number of phenols is 2. The van der Waals surface area contributed by atoms with Gasteiger partial charge in [0, 0.05) is 0 Å². The van der Waals surface area contributed by atoms with E-state index in [1.165, 1.54) is 11.1 Å². The molecule has 0 aromatic heterocycles. The van der Waals surface area contributed by atoms with Crippen LogP contribution in [0.25, 0.3) is 10.8 Å². The Morgan fingerprint density at radius 3 is 2.21 bits per heavy atom. The standard InChI is InChI=1S/C30H34O4/c1-17(2)8-12-30(13-9-18(3)4)22-16-20-14-19(5)15-23(31)24(20)27(33)25(22)26(32)21-10-11-29(6,7)34-28(21)30/h8-11,14-16,31,33H,12-13H2,1-7H3. The molecule has 0 atom stereocenters. The van der Waals surface area contributed by atoms with E-state index >= 15 is 0 Å². The van der Waals surface area contributed by atoms with Crippen LogP contribution in [0.5, 0.6) is 11.5 Å². The fourth-order valence-corrected chi connectivity index (χ4v) is 5.00. The molecule has 2 aromatic carbocycles. The molecule has 4 nitrogen and oxygen atoms in total. The van der Waals surface area contributed by atoms with Crippen molar-refractivity contribution in [3.05, 3.63) is 81.7 Å². The molecule has 2 N–H and O–H groups in total. The molecule has 0 saturated carbocycles. The summed E-state index contributed by atoms with van der Waals surface area (Å²) in [5.74, 6) is 0.182. The number of hydrogen-bond donors (Lipinski definition) is 2. The molecular weight excluding hydrogens is 424 g/mol. The summed E-state index contributed by atoms with van der Waals surface area (Å²) in [7, 11) is 0. The third-order valence-corrected chi connectivity index (χ3v) is 6.74. The van der Waals surface area contributed by atoms with Crippen LogP contribution >= 0.6 is 0 Å². The molecule has 2 aliphatic rings. The van der Waals surface area contributed by atoms with Crippen LogP contribution in [-0.2, 0) is 10.2 Å². The zero-order chi connectivity index (χ0) is 25.0. The van der Waals surface area contributed by atoms with Gasteiger partial charge in [0.1, 0.15) is 22.9 Å². The second-order valence-electron chi connectivity index (χ2n) is 10.7. The van der Waals surface area contributed by atoms with Crippen LogP contribution in [0.3, 0.4) is 0 Å². The van der Waals surface area contributed by atoms with Crippen molar-refractivity contribution in [3.63, 3.8) is 0 Å². The number of aromatic hydroxyl groups is 2. The fourth-order valence-electron chi connectivity index (χ4n) is 5.00. The number of benzene rings is 2. The van der Waals surface area contributed by atoms with E-state index in [1.54, 1.807) is 6.07 Å². The number of phenolic OH excluding ortho intramolecular Hbond substituents is 2.